The Morgan fingerprint density at radius 3 is 2.48 bits per heavy atom. The van der Waals surface area contributed by atoms with Crippen molar-refractivity contribution < 1.29 is 13.2 Å². The zero-order chi connectivity index (χ0) is 15.6. The standard InChI is InChI=1S/C15H20ClNO3S/c1-10-7-11(2)15(13(16)8-10)17-14(18)9-12-3-5-21(19,20)6-4-12/h7-8,12H,3-6,9H2,1-2H3,(H,17,18). The number of anilines is 1. The summed E-state index contributed by atoms with van der Waals surface area (Å²) in [4.78, 5) is 12.1. The maximum absolute atomic E-state index is 12.1. The molecule has 0 aromatic heterocycles. The third-order valence-electron chi connectivity index (χ3n) is 3.84. The molecule has 1 aromatic rings. The lowest BCUT2D eigenvalue weighted by atomic mass is 9.98. The van der Waals surface area contributed by atoms with Crippen LogP contribution in [-0.4, -0.2) is 25.8 Å². The summed E-state index contributed by atoms with van der Waals surface area (Å²) in [7, 11) is -2.88. The van der Waals surface area contributed by atoms with E-state index < -0.39 is 9.84 Å². The van der Waals surface area contributed by atoms with Crippen molar-refractivity contribution in [3.05, 3.63) is 28.3 Å². The SMILES string of the molecule is Cc1cc(C)c(NC(=O)CC2CCS(=O)(=O)CC2)c(Cl)c1. The van der Waals surface area contributed by atoms with Gasteiger partial charge in [-0.2, -0.15) is 0 Å². The van der Waals surface area contributed by atoms with Gasteiger partial charge in [-0.05, 0) is 49.8 Å². The summed E-state index contributed by atoms with van der Waals surface area (Å²) in [6, 6.07) is 3.78. The lowest BCUT2D eigenvalue weighted by Gasteiger charge is -2.21. The number of aryl methyl sites for hydroxylation is 2. The maximum atomic E-state index is 12.1. The molecule has 1 N–H and O–H groups in total. The van der Waals surface area contributed by atoms with E-state index in [0.717, 1.165) is 11.1 Å². The molecule has 1 aliphatic heterocycles. The summed E-state index contributed by atoms with van der Waals surface area (Å²) >= 11 is 6.16. The number of benzene rings is 1. The first-order valence-electron chi connectivity index (χ1n) is 7.04. The van der Waals surface area contributed by atoms with Crippen LogP contribution in [0.5, 0.6) is 0 Å². The Morgan fingerprint density at radius 1 is 1.29 bits per heavy atom. The molecular weight excluding hydrogens is 310 g/mol. The molecule has 1 saturated heterocycles. The molecule has 116 valence electrons. The fourth-order valence-electron chi connectivity index (χ4n) is 2.67. The molecule has 1 aliphatic rings. The Balaban J connectivity index is 1.97. The molecule has 0 spiro atoms. The van der Waals surface area contributed by atoms with Crippen LogP contribution in [0.2, 0.25) is 5.02 Å². The van der Waals surface area contributed by atoms with Gasteiger partial charge < -0.3 is 5.32 Å². The fourth-order valence-corrected chi connectivity index (χ4v) is 4.63. The van der Waals surface area contributed by atoms with Crippen LogP contribution in [0.3, 0.4) is 0 Å². The number of hydrogen-bond donors (Lipinski definition) is 1. The number of amides is 1. The number of carbonyl (C=O) groups excluding carboxylic acids is 1. The average Bonchev–Trinajstić information content (AvgIpc) is 2.36. The van der Waals surface area contributed by atoms with Crippen LogP contribution in [0.25, 0.3) is 0 Å². The van der Waals surface area contributed by atoms with Crippen molar-refractivity contribution in [3.63, 3.8) is 0 Å². The lowest BCUT2D eigenvalue weighted by Crippen LogP contribution is -2.26. The minimum absolute atomic E-state index is 0.104. The van der Waals surface area contributed by atoms with E-state index in [1.165, 1.54) is 0 Å². The molecule has 1 heterocycles. The third-order valence-corrected chi connectivity index (χ3v) is 5.86. The van der Waals surface area contributed by atoms with Gasteiger partial charge in [0, 0.05) is 6.42 Å². The van der Waals surface area contributed by atoms with E-state index in [4.69, 9.17) is 11.6 Å². The van der Waals surface area contributed by atoms with Gasteiger partial charge in [0.15, 0.2) is 0 Å². The van der Waals surface area contributed by atoms with Crippen LogP contribution < -0.4 is 5.32 Å². The molecular formula is C15H20ClNO3S. The second kappa shape index (κ2) is 6.36. The first-order valence-corrected chi connectivity index (χ1v) is 9.24. The van der Waals surface area contributed by atoms with Crippen molar-refractivity contribution in [2.45, 2.75) is 33.1 Å². The van der Waals surface area contributed by atoms with Crippen LogP contribution in [-0.2, 0) is 14.6 Å². The highest BCUT2D eigenvalue weighted by atomic mass is 35.5. The summed E-state index contributed by atoms with van der Waals surface area (Å²) in [5, 5.41) is 3.39. The molecule has 0 unspecified atom stereocenters. The molecule has 0 saturated carbocycles. The Bertz CT molecular complexity index is 618. The third kappa shape index (κ3) is 4.45. The summed E-state index contributed by atoms with van der Waals surface area (Å²) in [5.74, 6) is 0.413. The van der Waals surface area contributed by atoms with Gasteiger partial charge in [0.05, 0.1) is 22.2 Å². The van der Waals surface area contributed by atoms with E-state index >= 15 is 0 Å². The largest absolute Gasteiger partial charge is 0.325 e. The van der Waals surface area contributed by atoms with Crippen molar-refractivity contribution in [3.8, 4) is 0 Å². The molecule has 0 bridgehead atoms. The second-order valence-corrected chi connectivity index (χ2v) is 8.50. The summed E-state index contributed by atoms with van der Waals surface area (Å²) in [5.41, 5.74) is 2.63. The van der Waals surface area contributed by atoms with E-state index in [1.807, 2.05) is 26.0 Å². The van der Waals surface area contributed by atoms with Gasteiger partial charge in [0.1, 0.15) is 9.84 Å². The number of sulfone groups is 1. The van der Waals surface area contributed by atoms with Gasteiger partial charge in [-0.15, -0.1) is 0 Å². The van der Waals surface area contributed by atoms with E-state index in [-0.39, 0.29) is 23.3 Å². The van der Waals surface area contributed by atoms with Gasteiger partial charge in [-0.3, -0.25) is 4.79 Å². The van der Waals surface area contributed by atoms with Gasteiger partial charge in [0.25, 0.3) is 0 Å². The van der Waals surface area contributed by atoms with Crippen LogP contribution in [0.15, 0.2) is 12.1 Å². The molecule has 0 aliphatic carbocycles. The zero-order valence-electron chi connectivity index (χ0n) is 12.3. The lowest BCUT2D eigenvalue weighted by molar-refractivity contribution is -0.117. The highest BCUT2D eigenvalue weighted by molar-refractivity contribution is 7.91. The molecule has 1 amide bonds. The zero-order valence-corrected chi connectivity index (χ0v) is 13.9. The van der Waals surface area contributed by atoms with Crippen LogP contribution in [0.4, 0.5) is 5.69 Å². The molecule has 0 radical (unpaired) electrons. The molecule has 1 fully saturated rings. The highest BCUT2D eigenvalue weighted by Crippen LogP contribution is 2.28. The van der Waals surface area contributed by atoms with Crippen molar-refractivity contribution in [1.29, 1.82) is 0 Å². The topological polar surface area (TPSA) is 63.2 Å². The fraction of sp³-hybridized carbons (Fsp3) is 0.533. The van der Waals surface area contributed by atoms with E-state index in [1.54, 1.807) is 0 Å². The van der Waals surface area contributed by atoms with E-state index in [2.05, 4.69) is 5.32 Å². The van der Waals surface area contributed by atoms with Crippen molar-refractivity contribution in [1.82, 2.24) is 0 Å². The first kappa shape index (κ1) is 16.3. The predicted octanol–water partition coefficient (Wildman–Crippen LogP) is 3.11. The Kier molecular flexibility index (Phi) is 4.94. The van der Waals surface area contributed by atoms with Crippen LogP contribution >= 0.6 is 11.6 Å². The molecule has 1 aromatic carbocycles. The average molecular weight is 330 g/mol. The maximum Gasteiger partial charge on any atom is 0.224 e. The van der Waals surface area contributed by atoms with Crippen molar-refractivity contribution in [2.75, 3.05) is 16.8 Å². The quantitative estimate of drug-likeness (QED) is 0.926. The highest BCUT2D eigenvalue weighted by Gasteiger charge is 2.25. The predicted molar refractivity (Wildman–Crippen MR) is 85.6 cm³/mol. The summed E-state index contributed by atoms with van der Waals surface area (Å²) in [6.07, 6.45) is 1.48. The van der Waals surface area contributed by atoms with E-state index in [0.29, 0.717) is 30.0 Å². The van der Waals surface area contributed by atoms with Crippen LogP contribution in [0, 0.1) is 19.8 Å². The van der Waals surface area contributed by atoms with Gasteiger partial charge in [-0.1, -0.05) is 17.7 Å². The number of halogens is 1. The van der Waals surface area contributed by atoms with Gasteiger partial charge in [-0.25, -0.2) is 8.42 Å². The minimum Gasteiger partial charge on any atom is -0.325 e. The van der Waals surface area contributed by atoms with Crippen molar-refractivity contribution in [2.24, 2.45) is 5.92 Å². The Labute approximate surface area is 130 Å². The molecule has 4 nitrogen and oxygen atoms in total. The van der Waals surface area contributed by atoms with Crippen LogP contribution in [0.1, 0.15) is 30.4 Å². The number of rotatable bonds is 3. The summed E-state index contributed by atoms with van der Waals surface area (Å²) in [6.45, 7) is 3.86. The molecule has 21 heavy (non-hydrogen) atoms. The molecule has 6 heteroatoms. The van der Waals surface area contributed by atoms with Gasteiger partial charge in [0.2, 0.25) is 5.91 Å². The second-order valence-electron chi connectivity index (χ2n) is 5.79. The Hall–Kier alpha value is -1.07. The molecule has 0 atom stereocenters. The first-order chi connectivity index (χ1) is 9.77. The molecule has 2 rings (SSSR count). The normalized spacial score (nSPS) is 18.4. The van der Waals surface area contributed by atoms with Gasteiger partial charge >= 0.3 is 0 Å². The number of nitrogens with one attached hydrogen (secondary N) is 1. The van der Waals surface area contributed by atoms with E-state index in [9.17, 15) is 13.2 Å². The van der Waals surface area contributed by atoms with Crippen molar-refractivity contribution >= 4 is 33.0 Å². The summed E-state index contributed by atoms with van der Waals surface area (Å²) < 4.78 is 22.8. The monoisotopic (exact) mass is 329 g/mol. The number of hydrogen-bond acceptors (Lipinski definition) is 3. The number of carbonyl (C=O) groups is 1. The smallest absolute Gasteiger partial charge is 0.224 e. The Morgan fingerprint density at radius 2 is 1.90 bits per heavy atom. The minimum atomic E-state index is -2.88.